The van der Waals surface area contributed by atoms with Crippen LogP contribution in [-0.4, -0.2) is 6.04 Å². The fourth-order valence-electron chi connectivity index (χ4n) is 1.66. The topological polar surface area (TPSA) is 26.0 Å². The number of benzene rings is 1. The number of nitrogens with two attached hydrogens (primary N) is 1. The molecular weight excluding hydrogens is 172 g/mol. The minimum Gasteiger partial charge on any atom is -0.327 e. The van der Waals surface area contributed by atoms with E-state index in [-0.39, 0.29) is 11.5 Å². The molecule has 13 heavy (non-hydrogen) atoms. The van der Waals surface area contributed by atoms with Crippen LogP contribution in [0.15, 0.2) is 18.2 Å². The summed E-state index contributed by atoms with van der Waals surface area (Å²) in [6.07, 6.45) is 0.773. The molecule has 3 heteroatoms. The Kier molecular flexibility index (Phi) is 1.67. The summed E-state index contributed by atoms with van der Waals surface area (Å²) in [6.45, 7) is 1.90. The molecule has 0 spiro atoms. The van der Waals surface area contributed by atoms with Crippen molar-refractivity contribution in [2.75, 3.05) is 0 Å². The van der Waals surface area contributed by atoms with Crippen molar-refractivity contribution in [1.82, 2.24) is 0 Å². The lowest BCUT2D eigenvalue weighted by molar-refractivity contribution is 0.553. The summed E-state index contributed by atoms with van der Waals surface area (Å²) < 4.78 is 25.8. The maximum absolute atomic E-state index is 13.3. The van der Waals surface area contributed by atoms with E-state index >= 15 is 0 Å². The van der Waals surface area contributed by atoms with Gasteiger partial charge in [0.1, 0.15) is 11.6 Å². The average Bonchev–Trinajstić information content (AvgIpc) is 2.59. The Morgan fingerprint density at radius 2 is 2.08 bits per heavy atom. The fraction of sp³-hybridized carbons (Fsp3) is 0.400. The van der Waals surface area contributed by atoms with Crippen molar-refractivity contribution in [3.05, 3.63) is 35.4 Å². The standard InChI is InChI=1S/C10H11F2N/c1-10(5-9(10)13)7-3-2-6(11)4-8(7)12/h2-4,9H,5,13H2,1H3/t9-,10+/m0/s1. The molecule has 2 rings (SSSR count). The van der Waals surface area contributed by atoms with Crippen molar-refractivity contribution in [2.45, 2.75) is 24.8 Å². The molecule has 0 aliphatic heterocycles. The van der Waals surface area contributed by atoms with Gasteiger partial charge in [-0.15, -0.1) is 0 Å². The zero-order valence-corrected chi connectivity index (χ0v) is 7.35. The van der Waals surface area contributed by atoms with Crippen LogP contribution in [0.5, 0.6) is 0 Å². The first-order valence-electron chi connectivity index (χ1n) is 4.25. The molecule has 2 N–H and O–H groups in total. The summed E-state index contributed by atoms with van der Waals surface area (Å²) in [7, 11) is 0. The highest BCUT2D eigenvalue weighted by Crippen LogP contribution is 2.47. The van der Waals surface area contributed by atoms with Gasteiger partial charge in [-0.05, 0) is 18.1 Å². The van der Waals surface area contributed by atoms with Crippen LogP contribution in [-0.2, 0) is 5.41 Å². The van der Waals surface area contributed by atoms with Crippen molar-refractivity contribution < 1.29 is 8.78 Å². The van der Waals surface area contributed by atoms with Crippen LogP contribution < -0.4 is 5.73 Å². The maximum Gasteiger partial charge on any atom is 0.129 e. The molecule has 1 aliphatic rings. The zero-order chi connectivity index (χ0) is 9.64. The van der Waals surface area contributed by atoms with E-state index < -0.39 is 11.6 Å². The maximum atomic E-state index is 13.3. The lowest BCUT2D eigenvalue weighted by atomic mass is 9.97. The highest BCUT2D eigenvalue weighted by molar-refractivity contribution is 5.35. The van der Waals surface area contributed by atoms with Crippen molar-refractivity contribution in [3.63, 3.8) is 0 Å². The van der Waals surface area contributed by atoms with Crippen molar-refractivity contribution in [1.29, 1.82) is 0 Å². The summed E-state index contributed by atoms with van der Waals surface area (Å²) in [6, 6.07) is 3.67. The van der Waals surface area contributed by atoms with E-state index in [1.165, 1.54) is 12.1 Å². The summed E-state index contributed by atoms with van der Waals surface area (Å²) in [5, 5.41) is 0. The second-order valence-corrected chi connectivity index (χ2v) is 3.85. The highest BCUT2D eigenvalue weighted by atomic mass is 19.1. The molecule has 1 aliphatic carbocycles. The van der Waals surface area contributed by atoms with E-state index in [1.807, 2.05) is 6.92 Å². The molecule has 1 nitrogen and oxygen atoms in total. The number of rotatable bonds is 1. The first kappa shape index (κ1) is 8.63. The van der Waals surface area contributed by atoms with Crippen LogP contribution in [0.25, 0.3) is 0 Å². The van der Waals surface area contributed by atoms with Crippen molar-refractivity contribution in [3.8, 4) is 0 Å². The van der Waals surface area contributed by atoms with Crippen LogP contribution in [0.1, 0.15) is 18.9 Å². The molecule has 2 atom stereocenters. The third-order valence-corrected chi connectivity index (χ3v) is 2.85. The lowest BCUT2D eigenvalue weighted by Gasteiger charge is -2.10. The molecule has 0 bridgehead atoms. The van der Waals surface area contributed by atoms with Crippen molar-refractivity contribution >= 4 is 0 Å². The molecule has 0 amide bonds. The largest absolute Gasteiger partial charge is 0.327 e. The monoisotopic (exact) mass is 183 g/mol. The Morgan fingerprint density at radius 1 is 1.46 bits per heavy atom. The van der Waals surface area contributed by atoms with Gasteiger partial charge < -0.3 is 5.73 Å². The Labute approximate surface area is 75.6 Å². The summed E-state index contributed by atoms with van der Waals surface area (Å²) in [5.74, 6) is -1.03. The third kappa shape index (κ3) is 1.23. The molecule has 0 heterocycles. The average molecular weight is 183 g/mol. The molecular formula is C10H11F2N. The number of hydrogen-bond donors (Lipinski definition) is 1. The first-order valence-corrected chi connectivity index (χ1v) is 4.25. The Balaban J connectivity index is 2.42. The van der Waals surface area contributed by atoms with Gasteiger partial charge in [-0.3, -0.25) is 0 Å². The normalized spacial score (nSPS) is 31.8. The van der Waals surface area contributed by atoms with Crippen LogP contribution in [0, 0.1) is 11.6 Å². The van der Waals surface area contributed by atoms with Crippen molar-refractivity contribution in [2.24, 2.45) is 5.73 Å². The molecule has 0 saturated heterocycles. The number of halogens is 2. The van der Waals surface area contributed by atoms with E-state index in [0.717, 1.165) is 12.5 Å². The van der Waals surface area contributed by atoms with Gasteiger partial charge in [0, 0.05) is 17.5 Å². The third-order valence-electron chi connectivity index (χ3n) is 2.85. The Bertz CT molecular complexity index is 351. The zero-order valence-electron chi connectivity index (χ0n) is 7.35. The van der Waals surface area contributed by atoms with Crippen LogP contribution in [0.4, 0.5) is 8.78 Å². The molecule has 1 aromatic carbocycles. The quantitative estimate of drug-likeness (QED) is 0.707. The molecule has 1 saturated carbocycles. The summed E-state index contributed by atoms with van der Waals surface area (Å²) >= 11 is 0. The second-order valence-electron chi connectivity index (χ2n) is 3.85. The molecule has 70 valence electrons. The van der Waals surface area contributed by atoms with E-state index in [4.69, 9.17) is 5.73 Å². The van der Waals surface area contributed by atoms with E-state index in [9.17, 15) is 8.78 Å². The summed E-state index contributed by atoms with van der Waals surface area (Å²) in [4.78, 5) is 0. The second kappa shape index (κ2) is 2.51. The molecule has 1 fully saturated rings. The summed E-state index contributed by atoms with van der Waals surface area (Å²) in [5.41, 5.74) is 5.93. The Morgan fingerprint density at radius 3 is 2.54 bits per heavy atom. The first-order chi connectivity index (χ1) is 6.04. The predicted molar refractivity (Wildman–Crippen MR) is 46.3 cm³/mol. The SMILES string of the molecule is C[C@]1(c2ccc(F)cc2F)C[C@@H]1N. The van der Waals surface area contributed by atoms with Gasteiger partial charge in [0.15, 0.2) is 0 Å². The van der Waals surface area contributed by atoms with Gasteiger partial charge in [-0.2, -0.15) is 0 Å². The fourth-order valence-corrected chi connectivity index (χ4v) is 1.66. The van der Waals surface area contributed by atoms with Gasteiger partial charge in [0.05, 0.1) is 0 Å². The number of hydrogen-bond acceptors (Lipinski definition) is 1. The van der Waals surface area contributed by atoms with Gasteiger partial charge in [0.25, 0.3) is 0 Å². The smallest absolute Gasteiger partial charge is 0.129 e. The van der Waals surface area contributed by atoms with Crippen LogP contribution in [0.2, 0.25) is 0 Å². The van der Waals surface area contributed by atoms with E-state index in [1.54, 1.807) is 0 Å². The predicted octanol–water partition coefficient (Wildman–Crippen LogP) is 1.95. The molecule has 0 unspecified atom stereocenters. The minimum atomic E-state index is -0.543. The molecule has 0 aromatic heterocycles. The van der Waals surface area contributed by atoms with Gasteiger partial charge in [-0.1, -0.05) is 13.0 Å². The van der Waals surface area contributed by atoms with E-state index in [0.29, 0.717) is 5.56 Å². The van der Waals surface area contributed by atoms with Gasteiger partial charge in [0.2, 0.25) is 0 Å². The van der Waals surface area contributed by atoms with Gasteiger partial charge >= 0.3 is 0 Å². The molecule has 1 aromatic rings. The Hall–Kier alpha value is -0.960. The lowest BCUT2D eigenvalue weighted by Crippen LogP contribution is -2.16. The van der Waals surface area contributed by atoms with E-state index in [2.05, 4.69) is 0 Å². The highest BCUT2D eigenvalue weighted by Gasteiger charge is 2.50. The van der Waals surface area contributed by atoms with Crippen LogP contribution >= 0.6 is 0 Å². The van der Waals surface area contributed by atoms with Gasteiger partial charge in [-0.25, -0.2) is 8.78 Å². The molecule has 0 radical (unpaired) electrons. The van der Waals surface area contributed by atoms with Crippen LogP contribution in [0.3, 0.4) is 0 Å². The minimum absolute atomic E-state index is 0.00691.